The molecule has 2 saturated heterocycles. The number of carbonyl (C=O) groups is 2. The van der Waals surface area contributed by atoms with Crippen molar-refractivity contribution in [2.75, 3.05) is 20.2 Å². The highest BCUT2D eigenvalue weighted by Gasteiger charge is 2.67. The molecule has 1 N–H and O–H groups in total. The molecule has 1 aromatic heterocycles. The van der Waals surface area contributed by atoms with Crippen molar-refractivity contribution in [2.45, 2.75) is 190 Å². The van der Waals surface area contributed by atoms with E-state index in [1.807, 2.05) is 18.0 Å². The van der Waals surface area contributed by atoms with Crippen LogP contribution in [-0.2, 0) is 25.6 Å². The van der Waals surface area contributed by atoms with Gasteiger partial charge in [0.25, 0.3) is 5.91 Å². The van der Waals surface area contributed by atoms with E-state index in [1.54, 1.807) is 0 Å². The van der Waals surface area contributed by atoms with E-state index in [0.29, 0.717) is 53.7 Å². The van der Waals surface area contributed by atoms with Gasteiger partial charge in [-0.1, -0.05) is 57.3 Å². The quantitative estimate of drug-likeness (QED) is 0.184. The van der Waals surface area contributed by atoms with Crippen LogP contribution in [0.2, 0.25) is 24.2 Å². The maximum Gasteiger partial charge on any atom is 0.263 e. The van der Waals surface area contributed by atoms with Crippen LogP contribution in [0, 0.1) is 17.8 Å². The largest absolute Gasteiger partial charge is 0.386 e. The molecule has 11 heteroatoms. The van der Waals surface area contributed by atoms with Crippen molar-refractivity contribution in [3.8, 4) is 0 Å². The van der Waals surface area contributed by atoms with Crippen LogP contribution in [-0.4, -0.2) is 93.8 Å². The number of rotatable bonds is 11. The molecule has 4 heterocycles. The Morgan fingerprint density at radius 2 is 1.70 bits per heavy atom. The van der Waals surface area contributed by atoms with Gasteiger partial charge in [0.05, 0.1) is 26.5 Å². The zero-order valence-corrected chi connectivity index (χ0v) is 34.1. The number of ether oxygens (including phenoxy) is 2. The van der Waals surface area contributed by atoms with Crippen LogP contribution in [0.15, 0.2) is 17.5 Å². The summed E-state index contributed by atoms with van der Waals surface area (Å²) >= 11 is 0. The molecule has 2 amide bonds. The summed E-state index contributed by atoms with van der Waals surface area (Å²) in [5.41, 5.74) is 3.42. The summed E-state index contributed by atoms with van der Waals surface area (Å²) in [7, 11) is -0.112. The third kappa shape index (κ3) is 6.90. The molecule has 7 aliphatic rings. The average molecular weight is 750 g/mol. The molecular formula is C42H67N5O5Si. The Bertz CT molecular complexity index is 1510. The first-order chi connectivity index (χ1) is 25.6. The van der Waals surface area contributed by atoms with Gasteiger partial charge in [-0.15, -0.1) is 5.10 Å². The number of aromatic nitrogens is 3. The van der Waals surface area contributed by atoms with Gasteiger partial charge in [-0.25, -0.2) is 0 Å². The molecule has 4 aliphatic carbocycles. The summed E-state index contributed by atoms with van der Waals surface area (Å²) in [6, 6.07) is 0.389. The number of fused-ring (bicyclic) bond motifs is 1. The minimum Gasteiger partial charge on any atom is -0.386 e. The first kappa shape index (κ1) is 37.8. The molecule has 5 atom stereocenters. The normalized spacial score (nSPS) is 36.4. The lowest BCUT2D eigenvalue weighted by Crippen LogP contribution is -2.52. The standard InChI is InChI=1S/C42H67N5O5Si/c1-28-40(53(3,4)33-20-18-32(51-2)19-21-33)37(22-24-45-27-35(43-44-45)39(49)30-10-6-5-7-11-30)52-42(28)34-12-8-9-13-36(34)47(41(42)50)26-29-14-16-31(17-15-29)46-25-23-38(46)48/h27-33,37,39-40,49H,5-26H2,1-4H3/t28-,29?,31?,32?,33?,37+,39-,40-,42+/m1/s1. The van der Waals surface area contributed by atoms with E-state index < -0.39 is 19.8 Å². The molecule has 8 rings (SSSR count). The smallest absolute Gasteiger partial charge is 0.263 e. The monoisotopic (exact) mass is 749 g/mol. The first-order valence-electron chi connectivity index (χ1n) is 21.7. The van der Waals surface area contributed by atoms with Crippen molar-refractivity contribution < 1.29 is 24.2 Å². The summed E-state index contributed by atoms with van der Waals surface area (Å²) in [5.74, 6) is 1.38. The molecule has 1 aromatic rings. The van der Waals surface area contributed by atoms with Crippen molar-refractivity contribution >= 4 is 19.9 Å². The minimum absolute atomic E-state index is 0.0354. The Balaban J connectivity index is 1.04. The Kier molecular flexibility index (Phi) is 11.0. The van der Waals surface area contributed by atoms with Crippen LogP contribution < -0.4 is 0 Å². The van der Waals surface area contributed by atoms with E-state index in [1.165, 1.54) is 43.4 Å². The van der Waals surface area contributed by atoms with E-state index in [0.717, 1.165) is 96.6 Å². The molecule has 294 valence electrons. The molecule has 0 unspecified atom stereocenters. The van der Waals surface area contributed by atoms with Crippen molar-refractivity contribution in [2.24, 2.45) is 17.8 Å². The highest BCUT2D eigenvalue weighted by Crippen LogP contribution is 2.61. The number of nitrogens with zero attached hydrogens (tertiary/aromatic N) is 5. The van der Waals surface area contributed by atoms with Crippen LogP contribution in [0.5, 0.6) is 0 Å². The molecule has 3 saturated carbocycles. The van der Waals surface area contributed by atoms with E-state index >= 15 is 4.79 Å². The number of allylic oxidation sites excluding steroid dienone is 1. The second-order valence-corrected chi connectivity index (χ2v) is 24.0. The number of hydrogen-bond acceptors (Lipinski definition) is 7. The lowest BCUT2D eigenvalue weighted by molar-refractivity contribution is -0.150. The number of β-lactam (4-membered cyclic amide) rings is 1. The van der Waals surface area contributed by atoms with E-state index in [2.05, 4.69) is 40.1 Å². The number of aryl methyl sites for hydroxylation is 1. The van der Waals surface area contributed by atoms with Crippen LogP contribution in [0.1, 0.15) is 141 Å². The molecule has 53 heavy (non-hydrogen) atoms. The average Bonchev–Trinajstić information content (AvgIpc) is 3.84. The number of aliphatic hydroxyl groups excluding tert-OH is 1. The Labute approximate surface area is 318 Å². The Hall–Kier alpha value is -2.08. The van der Waals surface area contributed by atoms with E-state index in [9.17, 15) is 9.90 Å². The second kappa shape index (κ2) is 15.5. The molecule has 0 radical (unpaired) electrons. The molecule has 5 fully saturated rings. The number of likely N-dealkylation sites (tertiary alicyclic amines) is 1. The van der Waals surface area contributed by atoms with Gasteiger partial charge in [0.2, 0.25) is 5.91 Å². The van der Waals surface area contributed by atoms with E-state index in [4.69, 9.17) is 9.47 Å². The summed E-state index contributed by atoms with van der Waals surface area (Å²) in [4.78, 5) is 31.8. The third-order valence-electron chi connectivity index (χ3n) is 15.8. The molecule has 1 spiro atoms. The highest BCUT2D eigenvalue weighted by atomic mass is 28.3. The van der Waals surface area contributed by atoms with Crippen molar-refractivity contribution in [1.29, 1.82) is 0 Å². The molecule has 3 aliphatic heterocycles. The van der Waals surface area contributed by atoms with Crippen molar-refractivity contribution in [3.63, 3.8) is 0 Å². The SMILES string of the molecule is COC1CCC([Si](C)(C)[C@H]2[C@H](CCn3cc([C@H](O)C4CCCCC4)nn3)O[C@@]3(C(=O)N(CC4CCC(N5CCC5=O)CC4)C4=C3CCCC4)[C@@H]2C)CC1. The van der Waals surface area contributed by atoms with Crippen LogP contribution >= 0.6 is 0 Å². The number of carbonyl (C=O) groups excluding carboxylic acids is 2. The molecule has 0 bridgehead atoms. The van der Waals surface area contributed by atoms with Gasteiger partial charge >= 0.3 is 0 Å². The van der Waals surface area contributed by atoms with Crippen molar-refractivity contribution in [3.05, 3.63) is 23.2 Å². The minimum atomic E-state index is -1.97. The maximum absolute atomic E-state index is 15.3. The van der Waals surface area contributed by atoms with Gasteiger partial charge in [-0.05, 0) is 112 Å². The van der Waals surface area contributed by atoms with Crippen LogP contribution in [0.3, 0.4) is 0 Å². The zero-order valence-electron chi connectivity index (χ0n) is 33.1. The first-order valence-corrected chi connectivity index (χ1v) is 24.9. The Morgan fingerprint density at radius 1 is 0.962 bits per heavy atom. The lowest BCUT2D eigenvalue weighted by atomic mass is 9.78. The van der Waals surface area contributed by atoms with Gasteiger partial charge < -0.3 is 24.4 Å². The van der Waals surface area contributed by atoms with Gasteiger partial charge in [-0.3, -0.25) is 14.3 Å². The zero-order chi connectivity index (χ0) is 36.9. The predicted molar refractivity (Wildman–Crippen MR) is 206 cm³/mol. The fourth-order valence-corrected chi connectivity index (χ4v) is 17.7. The third-order valence-corrected chi connectivity index (χ3v) is 21.1. The number of methoxy groups -OCH3 is 1. The van der Waals surface area contributed by atoms with Crippen LogP contribution in [0.4, 0.5) is 0 Å². The number of aliphatic hydroxyl groups is 1. The van der Waals surface area contributed by atoms with Gasteiger partial charge in [0.15, 0.2) is 5.60 Å². The summed E-state index contributed by atoms with van der Waals surface area (Å²) in [6.45, 7) is 9.96. The summed E-state index contributed by atoms with van der Waals surface area (Å²) in [6.07, 6.45) is 22.1. The number of amides is 2. The highest BCUT2D eigenvalue weighted by molar-refractivity contribution is 6.80. The lowest BCUT2D eigenvalue weighted by Gasteiger charge is -2.45. The maximum atomic E-state index is 15.3. The van der Waals surface area contributed by atoms with Gasteiger partial charge in [-0.2, -0.15) is 0 Å². The molecule has 10 nitrogen and oxygen atoms in total. The Morgan fingerprint density at radius 3 is 2.38 bits per heavy atom. The molecule has 0 aromatic carbocycles. The predicted octanol–water partition coefficient (Wildman–Crippen LogP) is 7.55. The molecular weight excluding hydrogens is 683 g/mol. The number of hydrogen-bond donors (Lipinski definition) is 1. The fourth-order valence-electron chi connectivity index (χ4n) is 12.6. The van der Waals surface area contributed by atoms with Crippen molar-refractivity contribution in [1.82, 2.24) is 24.8 Å². The fraction of sp³-hybridized carbons (Fsp3) is 0.857. The van der Waals surface area contributed by atoms with Gasteiger partial charge in [0.1, 0.15) is 11.8 Å². The summed E-state index contributed by atoms with van der Waals surface area (Å²) in [5, 5.41) is 20.2. The van der Waals surface area contributed by atoms with E-state index in [-0.39, 0.29) is 23.8 Å². The van der Waals surface area contributed by atoms with Gasteiger partial charge in [0, 0.05) is 50.8 Å². The second-order valence-electron chi connectivity index (χ2n) is 18.8. The van der Waals surface area contributed by atoms with Crippen LogP contribution in [0.25, 0.3) is 0 Å². The topological polar surface area (TPSA) is 110 Å². The summed E-state index contributed by atoms with van der Waals surface area (Å²) < 4.78 is 15.2.